The average molecular weight is 322 g/mol. The Balaban J connectivity index is 1.41. The van der Waals surface area contributed by atoms with Crippen molar-refractivity contribution in [2.75, 3.05) is 13.1 Å². The molecule has 3 heterocycles. The summed E-state index contributed by atoms with van der Waals surface area (Å²) in [5, 5.41) is 7.31. The van der Waals surface area contributed by atoms with Gasteiger partial charge in [-0.25, -0.2) is 4.98 Å². The summed E-state index contributed by atoms with van der Waals surface area (Å²) in [4.78, 5) is 7.01. The number of benzene rings is 1. The van der Waals surface area contributed by atoms with Crippen molar-refractivity contribution in [1.82, 2.24) is 20.1 Å². The number of hydrogen-bond donors (Lipinski definition) is 1. The molecule has 3 aromatic rings. The first-order valence-corrected chi connectivity index (χ1v) is 8.52. The van der Waals surface area contributed by atoms with Crippen LogP contribution in [0.25, 0.3) is 11.3 Å². The fourth-order valence-corrected chi connectivity index (χ4v) is 3.43. The topological polar surface area (TPSA) is 58.0 Å². The summed E-state index contributed by atoms with van der Waals surface area (Å²) < 4.78 is 5.45. The van der Waals surface area contributed by atoms with Crippen molar-refractivity contribution >= 4 is 0 Å². The molecule has 0 spiro atoms. The van der Waals surface area contributed by atoms with E-state index >= 15 is 0 Å². The predicted octanol–water partition coefficient (Wildman–Crippen LogP) is 3.75. The predicted molar refractivity (Wildman–Crippen MR) is 92.5 cm³/mol. The standard InChI is InChI=1S/C19H22N4O/c1-14-20-19(22-21-14)17-4-2-10-23(13-17)12-15-6-8-16(9-7-15)18-5-3-11-24-18/h3,5-9,11,17H,2,4,10,12-13H2,1H3,(H,20,21,22)/t17-/m0/s1. The third-order valence-corrected chi connectivity index (χ3v) is 4.65. The molecular formula is C19H22N4O. The van der Waals surface area contributed by atoms with E-state index in [2.05, 4.69) is 44.3 Å². The Bertz CT molecular complexity index is 776. The number of H-pyrrole nitrogens is 1. The highest BCUT2D eigenvalue weighted by molar-refractivity contribution is 5.57. The van der Waals surface area contributed by atoms with Crippen molar-refractivity contribution in [3.8, 4) is 11.3 Å². The van der Waals surface area contributed by atoms with E-state index in [9.17, 15) is 0 Å². The summed E-state index contributed by atoms with van der Waals surface area (Å²) in [5.74, 6) is 3.21. The van der Waals surface area contributed by atoms with Gasteiger partial charge in [-0.1, -0.05) is 24.3 Å². The van der Waals surface area contributed by atoms with Gasteiger partial charge in [0.1, 0.15) is 11.6 Å². The number of piperidine rings is 1. The van der Waals surface area contributed by atoms with E-state index in [4.69, 9.17) is 4.42 Å². The monoisotopic (exact) mass is 322 g/mol. The second-order valence-electron chi connectivity index (χ2n) is 6.53. The molecule has 1 aliphatic rings. The molecule has 124 valence electrons. The number of hydrogen-bond acceptors (Lipinski definition) is 4. The van der Waals surface area contributed by atoms with E-state index in [0.29, 0.717) is 5.92 Å². The molecule has 2 aromatic heterocycles. The molecular weight excluding hydrogens is 300 g/mol. The van der Waals surface area contributed by atoms with E-state index in [1.165, 1.54) is 18.4 Å². The number of aromatic amines is 1. The first-order chi connectivity index (χ1) is 11.8. The zero-order chi connectivity index (χ0) is 16.4. The molecule has 0 radical (unpaired) electrons. The molecule has 0 saturated carbocycles. The van der Waals surface area contributed by atoms with Crippen LogP contribution in [0.4, 0.5) is 0 Å². The summed E-state index contributed by atoms with van der Waals surface area (Å²) >= 11 is 0. The Morgan fingerprint density at radius 1 is 1.25 bits per heavy atom. The lowest BCUT2D eigenvalue weighted by Gasteiger charge is -2.31. The van der Waals surface area contributed by atoms with E-state index in [1.807, 2.05) is 19.1 Å². The molecule has 5 nitrogen and oxygen atoms in total. The molecule has 1 aromatic carbocycles. The van der Waals surface area contributed by atoms with Crippen LogP contribution in [0.5, 0.6) is 0 Å². The van der Waals surface area contributed by atoms with Crippen molar-refractivity contribution in [3.05, 3.63) is 59.9 Å². The molecule has 1 N–H and O–H groups in total. The van der Waals surface area contributed by atoms with E-state index in [1.54, 1.807) is 6.26 Å². The summed E-state index contributed by atoms with van der Waals surface area (Å²) in [5.41, 5.74) is 2.45. The highest BCUT2D eigenvalue weighted by Gasteiger charge is 2.24. The van der Waals surface area contributed by atoms with E-state index < -0.39 is 0 Å². The van der Waals surface area contributed by atoms with Crippen LogP contribution in [-0.2, 0) is 6.54 Å². The SMILES string of the molecule is Cc1nc([C@H]2CCCN(Cc3ccc(-c4ccco4)cc3)C2)n[nH]1. The minimum absolute atomic E-state index is 0.436. The zero-order valence-corrected chi connectivity index (χ0v) is 13.9. The van der Waals surface area contributed by atoms with E-state index in [0.717, 1.165) is 42.6 Å². The molecule has 1 fully saturated rings. The molecule has 0 aliphatic carbocycles. The third-order valence-electron chi connectivity index (χ3n) is 4.65. The molecule has 0 bridgehead atoms. The van der Waals surface area contributed by atoms with Gasteiger partial charge in [-0.05, 0) is 44.0 Å². The maximum absolute atomic E-state index is 5.45. The van der Waals surface area contributed by atoms with Crippen LogP contribution in [0.3, 0.4) is 0 Å². The normalized spacial score (nSPS) is 18.8. The molecule has 5 heteroatoms. The van der Waals surface area contributed by atoms with Crippen LogP contribution >= 0.6 is 0 Å². The number of nitrogens with one attached hydrogen (secondary N) is 1. The molecule has 24 heavy (non-hydrogen) atoms. The minimum Gasteiger partial charge on any atom is -0.464 e. The molecule has 4 rings (SSSR count). The molecule has 1 saturated heterocycles. The first kappa shape index (κ1) is 15.1. The second kappa shape index (κ2) is 6.61. The van der Waals surface area contributed by atoms with Gasteiger partial charge >= 0.3 is 0 Å². The van der Waals surface area contributed by atoms with Crippen molar-refractivity contribution < 1.29 is 4.42 Å². The first-order valence-electron chi connectivity index (χ1n) is 8.52. The molecule has 1 atom stereocenters. The number of nitrogens with zero attached hydrogens (tertiary/aromatic N) is 3. The van der Waals surface area contributed by atoms with Gasteiger partial charge in [0.2, 0.25) is 0 Å². The number of aryl methyl sites for hydroxylation is 1. The molecule has 0 amide bonds. The number of likely N-dealkylation sites (tertiary alicyclic amines) is 1. The average Bonchev–Trinajstić information content (AvgIpc) is 3.28. The lowest BCUT2D eigenvalue weighted by Crippen LogP contribution is -2.34. The van der Waals surface area contributed by atoms with Crippen molar-refractivity contribution in [2.45, 2.75) is 32.2 Å². The number of furan rings is 1. The summed E-state index contributed by atoms with van der Waals surface area (Å²) in [6.45, 7) is 5.09. The van der Waals surface area contributed by atoms with Gasteiger partial charge in [0.05, 0.1) is 6.26 Å². The largest absolute Gasteiger partial charge is 0.464 e. The smallest absolute Gasteiger partial charge is 0.155 e. The molecule has 1 aliphatic heterocycles. The lowest BCUT2D eigenvalue weighted by molar-refractivity contribution is 0.196. The van der Waals surface area contributed by atoms with Crippen LogP contribution in [0.2, 0.25) is 0 Å². The highest BCUT2D eigenvalue weighted by atomic mass is 16.3. The Hall–Kier alpha value is -2.40. The summed E-state index contributed by atoms with van der Waals surface area (Å²) in [6, 6.07) is 12.6. The van der Waals surface area contributed by atoms with Crippen LogP contribution in [0, 0.1) is 6.92 Å². The van der Waals surface area contributed by atoms with Crippen molar-refractivity contribution in [3.63, 3.8) is 0 Å². The Morgan fingerprint density at radius 2 is 2.12 bits per heavy atom. The minimum atomic E-state index is 0.436. The van der Waals surface area contributed by atoms with Gasteiger partial charge in [0.15, 0.2) is 5.82 Å². The highest BCUT2D eigenvalue weighted by Crippen LogP contribution is 2.26. The second-order valence-corrected chi connectivity index (χ2v) is 6.53. The van der Waals surface area contributed by atoms with Gasteiger partial charge in [0, 0.05) is 24.6 Å². The van der Waals surface area contributed by atoms with Crippen molar-refractivity contribution in [2.24, 2.45) is 0 Å². The lowest BCUT2D eigenvalue weighted by atomic mass is 9.97. The zero-order valence-electron chi connectivity index (χ0n) is 13.9. The van der Waals surface area contributed by atoms with Crippen LogP contribution < -0.4 is 0 Å². The van der Waals surface area contributed by atoms with Crippen LogP contribution in [0.1, 0.15) is 36.0 Å². The maximum atomic E-state index is 5.45. The fourth-order valence-electron chi connectivity index (χ4n) is 3.43. The van der Waals surface area contributed by atoms with Crippen molar-refractivity contribution in [1.29, 1.82) is 0 Å². The quantitative estimate of drug-likeness (QED) is 0.795. The Morgan fingerprint density at radius 3 is 2.83 bits per heavy atom. The maximum Gasteiger partial charge on any atom is 0.155 e. The third kappa shape index (κ3) is 3.26. The van der Waals surface area contributed by atoms with E-state index in [-0.39, 0.29) is 0 Å². The number of rotatable bonds is 4. The van der Waals surface area contributed by atoms with Gasteiger partial charge in [-0.2, -0.15) is 5.10 Å². The summed E-state index contributed by atoms with van der Waals surface area (Å²) in [7, 11) is 0. The Kier molecular flexibility index (Phi) is 4.17. The van der Waals surface area contributed by atoms with Crippen LogP contribution in [0.15, 0.2) is 47.1 Å². The van der Waals surface area contributed by atoms with Gasteiger partial charge in [-0.15, -0.1) is 0 Å². The van der Waals surface area contributed by atoms with Gasteiger partial charge < -0.3 is 4.42 Å². The van der Waals surface area contributed by atoms with Gasteiger partial charge in [-0.3, -0.25) is 10.00 Å². The Labute approximate surface area is 141 Å². The van der Waals surface area contributed by atoms with Crippen LogP contribution in [-0.4, -0.2) is 33.2 Å². The fraction of sp³-hybridized carbons (Fsp3) is 0.368. The summed E-state index contributed by atoms with van der Waals surface area (Å²) in [6.07, 6.45) is 4.08. The number of aromatic nitrogens is 3. The molecule has 0 unspecified atom stereocenters. The van der Waals surface area contributed by atoms with Gasteiger partial charge in [0.25, 0.3) is 0 Å².